The molecule has 0 aromatic rings. The first-order valence-electron chi connectivity index (χ1n) is 4.92. The Kier molecular flexibility index (Phi) is 3.12. The van der Waals surface area contributed by atoms with E-state index in [0.717, 1.165) is 18.9 Å². The van der Waals surface area contributed by atoms with Gasteiger partial charge in [0, 0.05) is 19.5 Å². The highest BCUT2D eigenvalue weighted by molar-refractivity contribution is 5.73. The van der Waals surface area contributed by atoms with Crippen molar-refractivity contribution in [1.82, 2.24) is 4.90 Å². The molecule has 1 aliphatic rings. The summed E-state index contributed by atoms with van der Waals surface area (Å²) >= 11 is 0. The third kappa shape index (κ3) is 2.50. The van der Waals surface area contributed by atoms with Gasteiger partial charge < -0.3 is 4.90 Å². The van der Waals surface area contributed by atoms with Gasteiger partial charge in [-0.05, 0) is 32.1 Å². The zero-order valence-electron chi connectivity index (χ0n) is 8.34. The van der Waals surface area contributed by atoms with E-state index < -0.39 is 0 Å². The van der Waals surface area contributed by atoms with E-state index >= 15 is 0 Å². The Morgan fingerprint density at radius 2 is 2.17 bits per heavy atom. The van der Waals surface area contributed by atoms with E-state index in [-0.39, 0.29) is 5.91 Å². The van der Waals surface area contributed by atoms with Crippen LogP contribution in [0.3, 0.4) is 0 Å². The van der Waals surface area contributed by atoms with Gasteiger partial charge in [-0.15, -0.1) is 0 Å². The normalized spacial score (nSPS) is 18.9. The molecular formula is C10H19NO. The van der Waals surface area contributed by atoms with Crippen molar-refractivity contribution >= 4 is 5.91 Å². The topological polar surface area (TPSA) is 20.3 Å². The lowest BCUT2D eigenvalue weighted by Crippen LogP contribution is -2.38. The lowest BCUT2D eigenvalue weighted by molar-refractivity contribution is -0.131. The molecule has 0 aromatic heterocycles. The Bertz CT molecular complexity index is 163. The van der Waals surface area contributed by atoms with Crippen LogP contribution in [-0.4, -0.2) is 23.4 Å². The summed E-state index contributed by atoms with van der Waals surface area (Å²) < 4.78 is 0. The van der Waals surface area contributed by atoms with Crippen molar-refractivity contribution < 1.29 is 4.79 Å². The molecule has 0 N–H and O–H groups in total. The van der Waals surface area contributed by atoms with E-state index in [2.05, 4.69) is 13.8 Å². The number of carbonyl (C=O) groups is 1. The second kappa shape index (κ2) is 3.92. The van der Waals surface area contributed by atoms with Gasteiger partial charge >= 0.3 is 0 Å². The Balaban J connectivity index is 2.40. The summed E-state index contributed by atoms with van der Waals surface area (Å²) in [6.07, 6.45) is 3.70. The van der Waals surface area contributed by atoms with Gasteiger partial charge in [0.1, 0.15) is 0 Å². The Labute approximate surface area is 74.9 Å². The highest BCUT2D eigenvalue weighted by atomic mass is 16.2. The Morgan fingerprint density at radius 1 is 1.58 bits per heavy atom. The van der Waals surface area contributed by atoms with Crippen LogP contribution in [0.25, 0.3) is 0 Å². The van der Waals surface area contributed by atoms with E-state index in [1.807, 2.05) is 4.90 Å². The molecule has 0 bridgehead atoms. The number of amides is 1. The van der Waals surface area contributed by atoms with E-state index in [1.54, 1.807) is 6.92 Å². The summed E-state index contributed by atoms with van der Waals surface area (Å²) in [6, 6.07) is 0.420. The SMILES string of the molecule is CC[C@@H](C)N(CC1CC1)C(C)=O. The summed E-state index contributed by atoms with van der Waals surface area (Å²) in [7, 11) is 0. The smallest absolute Gasteiger partial charge is 0.219 e. The van der Waals surface area contributed by atoms with Crippen LogP contribution in [0.1, 0.15) is 40.0 Å². The highest BCUT2D eigenvalue weighted by Crippen LogP contribution is 2.30. The van der Waals surface area contributed by atoms with Crippen LogP contribution in [0.2, 0.25) is 0 Å². The van der Waals surface area contributed by atoms with Gasteiger partial charge in [-0.1, -0.05) is 6.92 Å². The van der Waals surface area contributed by atoms with Gasteiger partial charge in [-0.3, -0.25) is 4.79 Å². The molecule has 1 atom stereocenters. The molecular weight excluding hydrogens is 150 g/mol. The average molecular weight is 169 g/mol. The van der Waals surface area contributed by atoms with Gasteiger partial charge in [-0.25, -0.2) is 0 Å². The maximum atomic E-state index is 11.2. The predicted molar refractivity (Wildman–Crippen MR) is 49.9 cm³/mol. The fourth-order valence-electron chi connectivity index (χ4n) is 1.42. The molecule has 2 heteroatoms. The van der Waals surface area contributed by atoms with Gasteiger partial charge in [0.05, 0.1) is 0 Å². The zero-order valence-corrected chi connectivity index (χ0v) is 8.34. The molecule has 1 amide bonds. The molecule has 0 radical (unpaired) electrons. The van der Waals surface area contributed by atoms with Crippen molar-refractivity contribution in [3.05, 3.63) is 0 Å². The van der Waals surface area contributed by atoms with E-state index in [1.165, 1.54) is 12.8 Å². The largest absolute Gasteiger partial charge is 0.340 e. The van der Waals surface area contributed by atoms with Crippen LogP contribution in [0.5, 0.6) is 0 Å². The molecule has 1 rings (SSSR count). The summed E-state index contributed by atoms with van der Waals surface area (Å²) in [6.45, 7) is 6.93. The molecule has 0 aromatic carbocycles. The number of rotatable bonds is 4. The fourth-order valence-corrected chi connectivity index (χ4v) is 1.42. The first-order valence-corrected chi connectivity index (χ1v) is 4.92. The first kappa shape index (κ1) is 9.56. The lowest BCUT2D eigenvalue weighted by Gasteiger charge is -2.27. The predicted octanol–water partition coefficient (Wildman–Crippen LogP) is 2.04. The van der Waals surface area contributed by atoms with Crippen LogP contribution in [0.15, 0.2) is 0 Å². The van der Waals surface area contributed by atoms with Crippen molar-refractivity contribution in [1.29, 1.82) is 0 Å². The van der Waals surface area contributed by atoms with Crippen molar-refractivity contribution in [2.75, 3.05) is 6.54 Å². The third-order valence-electron chi connectivity index (χ3n) is 2.68. The summed E-state index contributed by atoms with van der Waals surface area (Å²) in [5.74, 6) is 1.04. The zero-order chi connectivity index (χ0) is 9.14. The van der Waals surface area contributed by atoms with Crippen molar-refractivity contribution in [2.45, 2.75) is 46.1 Å². The van der Waals surface area contributed by atoms with Crippen LogP contribution >= 0.6 is 0 Å². The van der Waals surface area contributed by atoms with E-state index in [9.17, 15) is 4.79 Å². The number of hydrogen-bond acceptors (Lipinski definition) is 1. The molecule has 1 aliphatic carbocycles. The minimum Gasteiger partial charge on any atom is -0.340 e. The molecule has 0 heterocycles. The van der Waals surface area contributed by atoms with E-state index in [0.29, 0.717) is 6.04 Å². The molecule has 0 saturated heterocycles. The quantitative estimate of drug-likeness (QED) is 0.630. The minimum atomic E-state index is 0.233. The van der Waals surface area contributed by atoms with Gasteiger partial charge in [0.15, 0.2) is 0 Å². The molecule has 0 unspecified atom stereocenters. The molecule has 2 nitrogen and oxygen atoms in total. The van der Waals surface area contributed by atoms with Crippen LogP contribution in [0.4, 0.5) is 0 Å². The molecule has 1 saturated carbocycles. The lowest BCUT2D eigenvalue weighted by atomic mass is 10.2. The molecule has 0 aliphatic heterocycles. The Morgan fingerprint density at radius 3 is 2.50 bits per heavy atom. The number of carbonyl (C=O) groups excluding carboxylic acids is 1. The van der Waals surface area contributed by atoms with Gasteiger partial charge in [0.2, 0.25) is 5.91 Å². The monoisotopic (exact) mass is 169 g/mol. The van der Waals surface area contributed by atoms with Gasteiger partial charge in [0.25, 0.3) is 0 Å². The summed E-state index contributed by atoms with van der Waals surface area (Å²) in [4.78, 5) is 13.2. The second-order valence-corrected chi connectivity index (χ2v) is 3.87. The highest BCUT2D eigenvalue weighted by Gasteiger charge is 2.27. The molecule has 0 spiro atoms. The van der Waals surface area contributed by atoms with Crippen molar-refractivity contribution in [3.63, 3.8) is 0 Å². The maximum Gasteiger partial charge on any atom is 0.219 e. The van der Waals surface area contributed by atoms with Gasteiger partial charge in [-0.2, -0.15) is 0 Å². The van der Waals surface area contributed by atoms with Crippen LogP contribution in [-0.2, 0) is 4.79 Å². The summed E-state index contributed by atoms with van der Waals surface area (Å²) in [5, 5.41) is 0. The van der Waals surface area contributed by atoms with Crippen LogP contribution < -0.4 is 0 Å². The summed E-state index contributed by atoms with van der Waals surface area (Å²) in [5.41, 5.74) is 0. The third-order valence-corrected chi connectivity index (χ3v) is 2.68. The van der Waals surface area contributed by atoms with Crippen molar-refractivity contribution in [2.24, 2.45) is 5.92 Å². The number of hydrogen-bond donors (Lipinski definition) is 0. The average Bonchev–Trinajstić information content (AvgIpc) is 2.81. The fraction of sp³-hybridized carbons (Fsp3) is 0.900. The standard InChI is InChI=1S/C10H19NO/c1-4-8(2)11(9(3)12)7-10-5-6-10/h8,10H,4-7H2,1-3H3/t8-/m1/s1. The minimum absolute atomic E-state index is 0.233. The molecule has 70 valence electrons. The molecule has 12 heavy (non-hydrogen) atoms. The maximum absolute atomic E-state index is 11.2. The van der Waals surface area contributed by atoms with Crippen molar-refractivity contribution in [3.8, 4) is 0 Å². The number of nitrogens with zero attached hydrogens (tertiary/aromatic N) is 1. The first-order chi connectivity index (χ1) is 5.65. The Hall–Kier alpha value is -0.530. The molecule has 1 fully saturated rings. The second-order valence-electron chi connectivity index (χ2n) is 3.87. The van der Waals surface area contributed by atoms with E-state index in [4.69, 9.17) is 0 Å². The van der Waals surface area contributed by atoms with Crippen LogP contribution in [0, 0.1) is 5.92 Å².